The number of halogens is 2. The number of carbonyl (C=O) groups is 1. The fraction of sp³-hybridized carbons (Fsp3) is 0. The highest BCUT2D eigenvalue weighted by Gasteiger charge is 2.13. The number of nitrogens with one attached hydrogen (secondary N) is 1. The van der Waals surface area contributed by atoms with Gasteiger partial charge in [0.05, 0.1) is 22.0 Å². The Kier molecular flexibility index (Phi) is 10.1. The van der Waals surface area contributed by atoms with Gasteiger partial charge in [0.25, 0.3) is 11.4 Å². The van der Waals surface area contributed by atoms with Crippen LogP contribution in [0, 0.1) is 31.9 Å². The summed E-state index contributed by atoms with van der Waals surface area (Å²) in [6.45, 7) is 0. The maximum Gasteiger partial charge on any atom is 0.417 e. The monoisotopic (exact) mass is 616 g/mol. The van der Waals surface area contributed by atoms with Crippen LogP contribution in [0.2, 0.25) is 0 Å². The Morgan fingerprint density at radius 2 is 1.11 bits per heavy atom. The Bertz CT molecular complexity index is 1810. The normalized spacial score (nSPS) is 10.1. The predicted octanol–water partition coefficient (Wildman–Crippen LogP) is 8.25. The molecule has 0 saturated heterocycles. The molecular formula is C31H22F2N4O8. The molecule has 5 rings (SSSR count). The second-order valence-electron chi connectivity index (χ2n) is 8.87. The van der Waals surface area contributed by atoms with Crippen molar-refractivity contribution < 1.29 is 37.6 Å². The third-order valence-electron chi connectivity index (χ3n) is 5.64. The SMILES string of the molecule is Nc1ccc(Oc2ccc([N+](=O)[O-])cc2F)cc1.O=C(Nc1ccc(Oc2ccc([N+](=O)[O-])cc2F)cc1)Oc1ccccc1. The average molecular weight is 617 g/mol. The molecule has 45 heavy (non-hydrogen) atoms. The zero-order valence-electron chi connectivity index (χ0n) is 23.0. The molecule has 5 aromatic carbocycles. The maximum absolute atomic E-state index is 13.9. The minimum absolute atomic E-state index is 0.0784. The van der Waals surface area contributed by atoms with Crippen molar-refractivity contribution in [1.29, 1.82) is 0 Å². The summed E-state index contributed by atoms with van der Waals surface area (Å²) >= 11 is 0. The number of carbonyl (C=O) groups excluding carboxylic acids is 1. The van der Waals surface area contributed by atoms with Gasteiger partial charge in [0.2, 0.25) is 0 Å². The highest BCUT2D eigenvalue weighted by atomic mass is 19.1. The highest BCUT2D eigenvalue weighted by Crippen LogP contribution is 2.29. The van der Waals surface area contributed by atoms with Crippen molar-refractivity contribution in [2.24, 2.45) is 0 Å². The van der Waals surface area contributed by atoms with Crippen LogP contribution in [0.3, 0.4) is 0 Å². The summed E-state index contributed by atoms with van der Waals surface area (Å²) in [5, 5.41) is 23.6. The third-order valence-corrected chi connectivity index (χ3v) is 5.64. The number of rotatable bonds is 8. The lowest BCUT2D eigenvalue weighted by Crippen LogP contribution is -2.16. The van der Waals surface area contributed by atoms with Crippen LogP contribution in [0.1, 0.15) is 0 Å². The number of non-ortho nitro benzene ring substituents is 2. The van der Waals surface area contributed by atoms with Crippen molar-refractivity contribution in [3.63, 3.8) is 0 Å². The molecular weight excluding hydrogens is 594 g/mol. The second kappa shape index (κ2) is 14.6. The molecule has 0 atom stereocenters. The summed E-state index contributed by atoms with van der Waals surface area (Å²) < 4.78 is 43.1. The molecule has 0 radical (unpaired) electrons. The Morgan fingerprint density at radius 1 is 0.644 bits per heavy atom. The van der Waals surface area contributed by atoms with Gasteiger partial charge in [-0.15, -0.1) is 0 Å². The van der Waals surface area contributed by atoms with Crippen molar-refractivity contribution in [1.82, 2.24) is 0 Å². The molecule has 0 aromatic heterocycles. The second-order valence-corrected chi connectivity index (χ2v) is 8.87. The summed E-state index contributed by atoms with van der Waals surface area (Å²) in [5.74, 6) is -0.765. The first-order chi connectivity index (χ1) is 21.6. The smallest absolute Gasteiger partial charge is 0.417 e. The van der Waals surface area contributed by atoms with Gasteiger partial charge in [-0.25, -0.2) is 13.6 Å². The van der Waals surface area contributed by atoms with Gasteiger partial charge in [-0.3, -0.25) is 25.5 Å². The van der Waals surface area contributed by atoms with E-state index in [-0.39, 0.29) is 22.9 Å². The van der Waals surface area contributed by atoms with Crippen molar-refractivity contribution in [2.75, 3.05) is 11.1 Å². The molecule has 12 nitrogen and oxygen atoms in total. The molecule has 0 bridgehead atoms. The number of amides is 1. The maximum atomic E-state index is 13.9. The van der Waals surface area contributed by atoms with E-state index < -0.39 is 27.6 Å². The first kappa shape index (κ1) is 31.4. The molecule has 0 aliphatic rings. The Balaban J connectivity index is 0.000000222. The van der Waals surface area contributed by atoms with Crippen molar-refractivity contribution in [2.45, 2.75) is 0 Å². The summed E-state index contributed by atoms with van der Waals surface area (Å²) in [4.78, 5) is 31.5. The van der Waals surface area contributed by atoms with Crippen molar-refractivity contribution in [3.05, 3.63) is 147 Å². The van der Waals surface area contributed by atoms with E-state index in [0.29, 0.717) is 28.6 Å². The molecule has 0 aliphatic heterocycles. The van der Waals surface area contributed by atoms with Crippen LogP contribution >= 0.6 is 0 Å². The van der Waals surface area contributed by atoms with Crippen LogP contribution in [0.5, 0.6) is 28.7 Å². The minimum atomic E-state index is -0.849. The fourth-order valence-corrected chi connectivity index (χ4v) is 3.51. The molecule has 0 unspecified atom stereocenters. The number of nitrogens with zero attached hydrogens (tertiary/aromatic N) is 2. The number of nitro groups is 2. The highest BCUT2D eigenvalue weighted by molar-refractivity contribution is 5.86. The molecule has 3 N–H and O–H groups in total. The molecule has 228 valence electrons. The van der Waals surface area contributed by atoms with Crippen LogP contribution in [0.4, 0.5) is 36.3 Å². The van der Waals surface area contributed by atoms with E-state index in [2.05, 4.69) is 5.32 Å². The topological polar surface area (TPSA) is 169 Å². The summed E-state index contributed by atoms with van der Waals surface area (Å²) in [6.07, 6.45) is -0.656. The van der Waals surface area contributed by atoms with E-state index >= 15 is 0 Å². The Labute approximate surface area is 253 Å². The number of nitrogens with two attached hydrogens (primary N) is 1. The molecule has 5 aromatic rings. The van der Waals surface area contributed by atoms with Gasteiger partial charge in [-0.05, 0) is 72.8 Å². The Morgan fingerprint density at radius 3 is 1.56 bits per heavy atom. The number of nitro benzene ring substituents is 2. The van der Waals surface area contributed by atoms with E-state index in [0.717, 1.165) is 18.2 Å². The van der Waals surface area contributed by atoms with E-state index in [4.69, 9.17) is 19.9 Å². The summed E-state index contributed by atoms with van der Waals surface area (Å²) in [5.41, 5.74) is 5.82. The number of hydrogen-bond acceptors (Lipinski definition) is 9. The van der Waals surface area contributed by atoms with Gasteiger partial charge in [0.1, 0.15) is 17.2 Å². The van der Waals surface area contributed by atoms with Crippen LogP contribution < -0.4 is 25.3 Å². The summed E-state index contributed by atoms with van der Waals surface area (Å²) in [7, 11) is 0. The van der Waals surface area contributed by atoms with E-state index in [1.54, 1.807) is 66.7 Å². The van der Waals surface area contributed by atoms with Gasteiger partial charge < -0.3 is 19.9 Å². The molecule has 0 saturated carbocycles. The number of ether oxygens (including phenoxy) is 3. The largest absolute Gasteiger partial charge is 0.454 e. The van der Waals surface area contributed by atoms with E-state index in [9.17, 15) is 33.8 Å². The lowest BCUT2D eigenvalue weighted by atomic mass is 10.2. The number of anilines is 2. The average Bonchev–Trinajstić information content (AvgIpc) is 3.02. The van der Waals surface area contributed by atoms with Gasteiger partial charge in [-0.1, -0.05) is 18.2 Å². The molecule has 14 heteroatoms. The fourth-order valence-electron chi connectivity index (χ4n) is 3.51. The van der Waals surface area contributed by atoms with Crippen molar-refractivity contribution >= 4 is 28.8 Å². The zero-order chi connectivity index (χ0) is 32.3. The molecule has 0 heterocycles. The lowest BCUT2D eigenvalue weighted by molar-refractivity contribution is -0.385. The summed E-state index contributed by atoms with van der Waals surface area (Å²) in [6, 6.07) is 27.4. The molecule has 0 aliphatic carbocycles. The predicted molar refractivity (Wildman–Crippen MR) is 160 cm³/mol. The first-order valence-electron chi connectivity index (χ1n) is 12.8. The van der Waals surface area contributed by atoms with E-state index in [1.165, 1.54) is 30.3 Å². The number of para-hydroxylation sites is 1. The van der Waals surface area contributed by atoms with Gasteiger partial charge >= 0.3 is 6.09 Å². The first-order valence-corrected chi connectivity index (χ1v) is 12.8. The van der Waals surface area contributed by atoms with Crippen LogP contribution in [0.15, 0.2) is 115 Å². The van der Waals surface area contributed by atoms with Crippen LogP contribution in [-0.4, -0.2) is 15.9 Å². The molecule has 0 spiro atoms. The van der Waals surface area contributed by atoms with Crippen LogP contribution in [-0.2, 0) is 0 Å². The van der Waals surface area contributed by atoms with Crippen molar-refractivity contribution in [3.8, 4) is 28.7 Å². The van der Waals surface area contributed by atoms with Gasteiger partial charge in [-0.2, -0.15) is 0 Å². The quantitative estimate of drug-likeness (QED) is 0.0990. The zero-order valence-corrected chi connectivity index (χ0v) is 23.0. The van der Waals surface area contributed by atoms with Gasteiger partial charge in [0, 0.05) is 23.5 Å². The van der Waals surface area contributed by atoms with Crippen LogP contribution in [0.25, 0.3) is 0 Å². The number of hydrogen-bond donors (Lipinski definition) is 2. The van der Waals surface area contributed by atoms with Gasteiger partial charge in [0.15, 0.2) is 23.1 Å². The lowest BCUT2D eigenvalue weighted by Gasteiger charge is -2.09. The number of benzene rings is 5. The standard InChI is InChI=1S/C19H13FN2O5.C12H9FN2O3/c20-17-12-14(22(24)25)8-11-18(17)26-16-9-6-13(7-10-16)21-19(23)27-15-4-2-1-3-5-15;13-11-7-9(15(16)17)3-6-12(11)18-10-4-1-8(14)2-5-10/h1-12H,(H,21,23);1-7H,14H2. The molecule has 0 fully saturated rings. The Hall–Kier alpha value is -6.57. The number of nitrogen functional groups attached to an aromatic ring is 1. The van der Waals surface area contributed by atoms with E-state index in [1.807, 2.05) is 0 Å². The third kappa shape index (κ3) is 9.21. The molecule has 1 amide bonds. The minimum Gasteiger partial charge on any atom is -0.454 e.